The molecule has 8 heteroatoms. The van der Waals surface area contributed by atoms with E-state index >= 15 is 0 Å². The van der Waals surface area contributed by atoms with E-state index in [0.29, 0.717) is 24.5 Å². The first kappa shape index (κ1) is 19.4. The molecule has 1 aromatic heterocycles. The van der Waals surface area contributed by atoms with Gasteiger partial charge in [0.25, 0.3) is 0 Å². The summed E-state index contributed by atoms with van der Waals surface area (Å²) in [6, 6.07) is 10.8. The minimum Gasteiger partial charge on any atom is -0.360 e. The molecule has 2 N–H and O–H groups in total. The molecule has 2 aromatic rings. The Kier molecular flexibility index (Phi) is 4.59. The van der Waals surface area contributed by atoms with E-state index in [9.17, 15) is 14.4 Å². The predicted octanol–water partition coefficient (Wildman–Crippen LogP) is 1.64. The van der Waals surface area contributed by atoms with Crippen LogP contribution in [0.4, 0.5) is 11.4 Å². The van der Waals surface area contributed by atoms with E-state index in [1.165, 1.54) is 6.92 Å². The molecule has 4 atom stereocenters. The lowest BCUT2D eigenvalue weighted by atomic mass is 9.77. The Morgan fingerprint density at radius 3 is 2.77 bits per heavy atom. The van der Waals surface area contributed by atoms with Crippen LogP contribution in [0.15, 0.2) is 60.9 Å². The number of pyridine rings is 1. The van der Waals surface area contributed by atoms with Gasteiger partial charge in [-0.25, -0.2) is 0 Å². The van der Waals surface area contributed by atoms with Gasteiger partial charge in [-0.05, 0) is 35.9 Å². The van der Waals surface area contributed by atoms with Crippen LogP contribution in [0.3, 0.4) is 0 Å². The molecule has 0 radical (unpaired) electrons. The number of anilines is 2. The van der Waals surface area contributed by atoms with Crippen LogP contribution >= 0.6 is 0 Å². The lowest BCUT2D eigenvalue weighted by molar-refractivity contribution is -0.132. The van der Waals surface area contributed by atoms with Crippen LogP contribution in [0.2, 0.25) is 0 Å². The minimum atomic E-state index is -0.783. The fraction of sp³-hybridized carbons (Fsp3) is 0.304. The Hall–Kier alpha value is -3.52. The first-order valence-electron chi connectivity index (χ1n) is 10.2. The maximum absolute atomic E-state index is 13.4. The van der Waals surface area contributed by atoms with Gasteiger partial charge in [0.05, 0.1) is 24.5 Å². The second kappa shape index (κ2) is 7.31. The number of carbonyl (C=O) groups is 3. The van der Waals surface area contributed by atoms with E-state index in [4.69, 9.17) is 4.74 Å². The van der Waals surface area contributed by atoms with Gasteiger partial charge in [0.1, 0.15) is 5.60 Å². The Balaban J connectivity index is 1.34. The molecular formula is C23H22N4O4. The molecule has 3 aliphatic heterocycles. The second-order valence-corrected chi connectivity index (χ2v) is 8.13. The van der Waals surface area contributed by atoms with E-state index in [2.05, 4.69) is 15.6 Å². The number of benzene rings is 1. The molecule has 2 fully saturated rings. The van der Waals surface area contributed by atoms with Gasteiger partial charge in [0, 0.05) is 37.2 Å². The quantitative estimate of drug-likeness (QED) is 0.719. The highest BCUT2D eigenvalue weighted by atomic mass is 16.5. The van der Waals surface area contributed by atoms with Gasteiger partial charge in [-0.1, -0.05) is 18.2 Å². The van der Waals surface area contributed by atoms with Gasteiger partial charge in [-0.3, -0.25) is 19.4 Å². The zero-order valence-corrected chi connectivity index (χ0v) is 16.9. The molecule has 4 heterocycles. The Bertz CT molecular complexity index is 1070. The highest BCUT2D eigenvalue weighted by molar-refractivity contribution is 6.03. The number of amides is 3. The molecule has 0 saturated carbocycles. The second-order valence-electron chi connectivity index (χ2n) is 8.13. The SMILES string of the molecule is CC(=O)Nc1ccc(N2C[C@@]34C=C[C@H](O3)[C@@H](C(=O)NCc3cccnc3)[C@H]4C2=O)cc1. The lowest BCUT2D eigenvalue weighted by Gasteiger charge is -2.23. The van der Waals surface area contributed by atoms with Crippen molar-refractivity contribution in [3.63, 3.8) is 0 Å². The van der Waals surface area contributed by atoms with Crippen molar-refractivity contribution in [1.29, 1.82) is 0 Å². The molecule has 2 bridgehead atoms. The normalized spacial score (nSPS) is 28.0. The van der Waals surface area contributed by atoms with Crippen LogP contribution < -0.4 is 15.5 Å². The molecule has 8 nitrogen and oxygen atoms in total. The van der Waals surface area contributed by atoms with E-state index in [1.807, 2.05) is 24.3 Å². The van der Waals surface area contributed by atoms with Gasteiger partial charge < -0.3 is 20.3 Å². The third kappa shape index (κ3) is 3.29. The molecule has 0 unspecified atom stereocenters. The Morgan fingerprint density at radius 1 is 1.26 bits per heavy atom. The number of rotatable bonds is 5. The zero-order valence-electron chi connectivity index (χ0n) is 16.9. The van der Waals surface area contributed by atoms with Crippen LogP contribution in [0.25, 0.3) is 0 Å². The molecule has 1 spiro atoms. The van der Waals surface area contributed by atoms with Crippen molar-refractivity contribution in [1.82, 2.24) is 10.3 Å². The maximum atomic E-state index is 13.4. The fourth-order valence-electron chi connectivity index (χ4n) is 4.75. The molecule has 5 rings (SSSR count). The number of fused-ring (bicyclic) bond motifs is 1. The molecule has 2 saturated heterocycles. The fourth-order valence-corrected chi connectivity index (χ4v) is 4.75. The lowest BCUT2D eigenvalue weighted by Crippen LogP contribution is -2.44. The number of nitrogens with zero attached hydrogens (tertiary/aromatic N) is 2. The smallest absolute Gasteiger partial charge is 0.234 e. The van der Waals surface area contributed by atoms with Crippen molar-refractivity contribution in [2.45, 2.75) is 25.2 Å². The Labute approximate surface area is 179 Å². The van der Waals surface area contributed by atoms with Crippen molar-refractivity contribution in [3.8, 4) is 0 Å². The number of hydrogen-bond donors (Lipinski definition) is 2. The predicted molar refractivity (Wildman–Crippen MR) is 113 cm³/mol. The highest BCUT2D eigenvalue weighted by Gasteiger charge is 2.67. The first-order chi connectivity index (χ1) is 15.0. The van der Waals surface area contributed by atoms with Crippen molar-refractivity contribution in [3.05, 3.63) is 66.5 Å². The maximum Gasteiger partial charge on any atom is 0.234 e. The average Bonchev–Trinajstić information content (AvgIpc) is 3.41. The van der Waals surface area contributed by atoms with Crippen molar-refractivity contribution >= 4 is 29.1 Å². The molecule has 1 aromatic carbocycles. The van der Waals surface area contributed by atoms with Gasteiger partial charge in [-0.2, -0.15) is 0 Å². The topological polar surface area (TPSA) is 101 Å². The zero-order chi connectivity index (χ0) is 21.6. The molecule has 158 valence electrons. The van der Waals surface area contributed by atoms with Crippen LogP contribution in [0.1, 0.15) is 12.5 Å². The number of hydrogen-bond acceptors (Lipinski definition) is 5. The van der Waals surface area contributed by atoms with Crippen LogP contribution in [0, 0.1) is 11.8 Å². The van der Waals surface area contributed by atoms with Gasteiger partial charge in [-0.15, -0.1) is 0 Å². The van der Waals surface area contributed by atoms with Gasteiger partial charge >= 0.3 is 0 Å². The summed E-state index contributed by atoms with van der Waals surface area (Å²) in [5.41, 5.74) is 1.47. The summed E-state index contributed by atoms with van der Waals surface area (Å²) in [4.78, 5) is 43.3. The van der Waals surface area contributed by atoms with Crippen LogP contribution in [-0.2, 0) is 25.7 Å². The summed E-state index contributed by atoms with van der Waals surface area (Å²) in [7, 11) is 0. The number of aromatic nitrogens is 1. The summed E-state index contributed by atoms with van der Waals surface area (Å²) in [6.45, 7) is 2.15. The van der Waals surface area contributed by atoms with Crippen LogP contribution in [0.5, 0.6) is 0 Å². The van der Waals surface area contributed by atoms with E-state index in [-0.39, 0.29) is 17.7 Å². The number of nitrogens with one attached hydrogen (secondary N) is 2. The van der Waals surface area contributed by atoms with E-state index < -0.39 is 23.5 Å². The summed E-state index contributed by atoms with van der Waals surface area (Å²) in [6.07, 6.45) is 6.80. The molecular weight excluding hydrogens is 396 g/mol. The monoisotopic (exact) mass is 418 g/mol. The molecule has 0 aliphatic carbocycles. The highest BCUT2D eigenvalue weighted by Crippen LogP contribution is 2.52. The van der Waals surface area contributed by atoms with E-state index in [1.54, 1.807) is 41.6 Å². The minimum absolute atomic E-state index is 0.124. The number of carbonyl (C=O) groups excluding carboxylic acids is 3. The third-order valence-corrected chi connectivity index (χ3v) is 6.09. The van der Waals surface area contributed by atoms with Gasteiger partial charge in [0.2, 0.25) is 17.7 Å². The summed E-state index contributed by atoms with van der Waals surface area (Å²) in [5.74, 6) is -1.61. The standard InChI is InChI=1S/C23H22N4O4/c1-14(28)26-16-4-6-17(7-5-16)27-13-23-9-8-18(31-23)19(20(23)22(27)30)21(29)25-12-15-3-2-10-24-11-15/h2-11,18-20H,12-13H2,1H3,(H,25,29)(H,26,28)/t18-,19+,20-,23+/m0/s1. The summed E-state index contributed by atoms with van der Waals surface area (Å²) >= 11 is 0. The molecule has 3 amide bonds. The summed E-state index contributed by atoms with van der Waals surface area (Å²) in [5, 5.41) is 5.64. The summed E-state index contributed by atoms with van der Waals surface area (Å²) < 4.78 is 6.16. The number of ether oxygens (including phenoxy) is 1. The molecule has 31 heavy (non-hydrogen) atoms. The Morgan fingerprint density at radius 2 is 2.06 bits per heavy atom. The molecule has 3 aliphatic rings. The first-order valence-corrected chi connectivity index (χ1v) is 10.2. The van der Waals surface area contributed by atoms with Gasteiger partial charge in [0.15, 0.2) is 0 Å². The van der Waals surface area contributed by atoms with Crippen molar-refractivity contribution in [2.75, 3.05) is 16.8 Å². The average molecular weight is 418 g/mol. The van der Waals surface area contributed by atoms with Crippen LogP contribution in [-0.4, -0.2) is 41.0 Å². The van der Waals surface area contributed by atoms with Crippen molar-refractivity contribution < 1.29 is 19.1 Å². The van der Waals surface area contributed by atoms with Crippen molar-refractivity contribution in [2.24, 2.45) is 11.8 Å². The largest absolute Gasteiger partial charge is 0.360 e. The third-order valence-electron chi connectivity index (χ3n) is 6.09. The van der Waals surface area contributed by atoms with E-state index in [0.717, 1.165) is 5.56 Å².